The van der Waals surface area contributed by atoms with Crippen LogP contribution in [0.25, 0.3) is 0 Å². The van der Waals surface area contributed by atoms with Crippen LogP contribution in [-0.4, -0.2) is 27.5 Å². The number of rotatable bonds is 1. The van der Waals surface area contributed by atoms with Gasteiger partial charge in [-0.05, 0) is 45.0 Å². The van der Waals surface area contributed by atoms with Crippen molar-refractivity contribution in [3.8, 4) is 0 Å². The molecule has 2 amide bonds. The molecule has 0 aromatic rings. The van der Waals surface area contributed by atoms with Gasteiger partial charge in [0.2, 0.25) is 0 Å². The van der Waals surface area contributed by atoms with Crippen molar-refractivity contribution in [3.63, 3.8) is 0 Å². The number of hydrogen-bond donors (Lipinski definition) is 2. The van der Waals surface area contributed by atoms with Gasteiger partial charge in [-0.15, -0.1) is 0 Å². The number of ether oxygens (including phenoxy) is 1. The van der Waals surface area contributed by atoms with Crippen LogP contribution in [0.5, 0.6) is 0 Å². The Morgan fingerprint density at radius 3 is 2.73 bits per heavy atom. The fourth-order valence-electron chi connectivity index (χ4n) is 2.86. The van der Waals surface area contributed by atoms with Crippen LogP contribution in [0.15, 0.2) is 46.1 Å². The summed E-state index contributed by atoms with van der Waals surface area (Å²) in [4.78, 5) is 23.1. The number of imide groups is 1. The Balaban J connectivity index is 1.98. The third kappa shape index (κ3) is 2.53. The molecular formula is C16H17NO4S. The molecule has 116 valence electrons. The van der Waals surface area contributed by atoms with Gasteiger partial charge >= 0.3 is 0 Å². The first-order valence-electron chi connectivity index (χ1n) is 6.99. The Bertz CT molecular complexity index is 699. The monoisotopic (exact) mass is 319 g/mol. The molecule has 0 aromatic heterocycles. The average Bonchev–Trinajstić information content (AvgIpc) is 2.70. The van der Waals surface area contributed by atoms with E-state index in [4.69, 9.17) is 4.74 Å². The summed E-state index contributed by atoms with van der Waals surface area (Å²) in [5, 5.41) is 12.3. The fraction of sp³-hybridized carbons (Fsp3) is 0.375. The third-order valence-electron chi connectivity index (χ3n) is 3.88. The predicted octanol–water partition coefficient (Wildman–Crippen LogP) is 3.12. The number of carbonyl (C=O) groups is 2. The summed E-state index contributed by atoms with van der Waals surface area (Å²) in [6.45, 7) is 5.87. The quantitative estimate of drug-likeness (QED) is 0.726. The van der Waals surface area contributed by atoms with E-state index in [0.717, 1.165) is 11.8 Å². The molecule has 2 aliphatic heterocycles. The van der Waals surface area contributed by atoms with Crippen molar-refractivity contribution >= 4 is 22.9 Å². The van der Waals surface area contributed by atoms with Gasteiger partial charge in [0, 0.05) is 11.1 Å². The van der Waals surface area contributed by atoms with Crippen molar-refractivity contribution < 1.29 is 19.4 Å². The second kappa shape index (κ2) is 4.86. The molecule has 1 aliphatic carbocycles. The first-order chi connectivity index (χ1) is 10.2. The second-order valence-corrected chi connectivity index (χ2v) is 7.26. The molecule has 3 aliphatic rings. The summed E-state index contributed by atoms with van der Waals surface area (Å²) in [6.07, 6.45) is 7.73. The van der Waals surface area contributed by atoms with E-state index in [0.29, 0.717) is 17.6 Å². The first kappa shape index (κ1) is 15.1. The molecule has 1 fully saturated rings. The van der Waals surface area contributed by atoms with Crippen LogP contribution in [0.3, 0.4) is 0 Å². The molecule has 5 nitrogen and oxygen atoms in total. The van der Waals surface area contributed by atoms with E-state index in [-0.39, 0.29) is 10.7 Å². The van der Waals surface area contributed by atoms with E-state index in [1.54, 1.807) is 6.08 Å². The van der Waals surface area contributed by atoms with Crippen molar-refractivity contribution in [2.24, 2.45) is 0 Å². The van der Waals surface area contributed by atoms with E-state index in [9.17, 15) is 14.7 Å². The van der Waals surface area contributed by atoms with Crippen LogP contribution in [0.2, 0.25) is 0 Å². The zero-order chi connectivity index (χ0) is 16.1. The van der Waals surface area contributed by atoms with Gasteiger partial charge in [0.15, 0.2) is 0 Å². The number of aliphatic hydroxyl groups is 1. The van der Waals surface area contributed by atoms with Gasteiger partial charge in [-0.25, -0.2) is 0 Å². The summed E-state index contributed by atoms with van der Waals surface area (Å²) in [6, 6.07) is 0. The topological polar surface area (TPSA) is 75.6 Å². The number of hydrogen-bond acceptors (Lipinski definition) is 5. The van der Waals surface area contributed by atoms with E-state index in [1.807, 2.05) is 39.0 Å². The standard InChI is InChI=1S/C16H17NO4S/c1-15(2)6-5-10-12(18)9(4-7-16(10,3)21-15)8-11-13(19)17-14(20)22-11/h4-6,8,18H,7H2,1-3H3,(H,17,19,20)/b11-8-. The highest BCUT2D eigenvalue weighted by atomic mass is 32.2. The molecule has 0 spiro atoms. The lowest BCUT2D eigenvalue weighted by Crippen LogP contribution is -2.43. The highest BCUT2D eigenvalue weighted by Crippen LogP contribution is 2.43. The van der Waals surface area contributed by atoms with Crippen molar-refractivity contribution in [1.29, 1.82) is 0 Å². The van der Waals surface area contributed by atoms with E-state index in [2.05, 4.69) is 5.32 Å². The maximum atomic E-state index is 11.6. The van der Waals surface area contributed by atoms with Gasteiger partial charge in [0.1, 0.15) is 5.76 Å². The molecule has 22 heavy (non-hydrogen) atoms. The molecule has 3 rings (SSSR count). The number of fused-ring (bicyclic) bond motifs is 1. The highest BCUT2D eigenvalue weighted by molar-refractivity contribution is 8.18. The maximum absolute atomic E-state index is 11.6. The number of amides is 2. The zero-order valence-electron chi connectivity index (χ0n) is 12.6. The van der Waals surface area contributed by atoms with Gasteiger partial charge in [-0.2, -0.15) is 0 Å². The van der Waals surface area contributed by atoms with Gasteiger partial charge < -0.3 is 9.84 Å². The lowest BCUT2D eigenvalue weighted by atomic mass is 9.80. The van der Waals surface area contributed by atoms with E-state index >= 15 is 0 Å². The summed E-state index contributed by atoms with van der Waals surface area (Å²) < 4.78 is 6.08. The summed E-state index contributed by atoms with van der Waals surface area (Å²) in [7, 11) is 0. The Morgan fingerprint density at radius 1 is 1.36 bits per heavy atom. The molecule has 6 heteroatoms. The lowest BCUT2D eigenvalue weighted by molar-refractivity contribution is -0.115. The molecule has 0 bridgehead atoms. The van der Waals surface area contributed by atoms with Crippen LogP contribution in [-0.2, 0) is 9.53 Å². The largest absolute Gasteiger partial charge is 0.507 e. The lowest BCUT2D eigenvalue weighted by Gasteiger charge is -2.43. The normalized spacial score (nSPS) is 32.1. The molecule has 0 aromatic carbocycles. The molecule has 2 heterocycles. The second-order valence-electron chi connectivity index (χ2n) is 6.25. The molecule has 2 N–H and O–H groups in total. The molecule has 1 unspecified atom stereocenters. The molecule has 0 radical (unpaired) electrons. The Kier molecular flexibility index (Phi) is 3.34. The Hall–Kier alpha value is -1.79. The smallest absolute Gasteiger partial charge is 0.290 e. The zero-order valence-corrected chi connectivity index (χ0v) is 13.4. The van der Waals surface area contributed by atoms with Gasteiger partial charge in [0.25, 0.3) is 11.1 Å². The minimum absolute atomic E-state index is 0.0840. The Morgan fingerprint density at radius 2 is 2.09 bits per heavy atom. The third-order valence-corrected chi connectivity index (χ3v) is 4.69. The number of aliphatic hydroxyl groups excluding tert-OH is 1. The number of thioether (sulfide) groups is 1. The Labute approximate surface area is 132 Å². The molecular weight excluding hydrogens is 302 g/mol. The van der Waals surface area contributed by atoms with Crippen LogP contribution in [0.4, 0.5) is 4.79 Å². The number of allylic oxidation sites excluding steroid dienone is 1. The van der Waals surface area contributed by atoms with Crippen molar-refractivity contribution in [2.45, 2.75) is 38.4 Å². The predicted molar refractivity (Wildman–Crippen MR) is 84.3 cm³/mol. The maximum Gasteiger partial charge on any atom is 0.290 e. The van der Waals surface area contributed by atoms with E-state index in [1.165, 1.54) is 0 Å². The van der Waals surface area contributed by atoms with Crippen LogP contribution >= 0.6 is 11.8 Å². The molecule has 1 saturated heterocycles. The number of carbonyl (C=O) groups excluding carboxylic acids is 2. The molecule has 1 atom stereocenters. The summed E-state index contributed by atoms with van der Waals surface area (Å²) in [5.74, 6) is -0.348. The van der Waals surface area contributed by atoms with Crippen molar-refractivity contribution in [1.82, 2.24) is 5.32 Å². The summed E-state index contributed by atoms with van der Waals surface area (Å²) in [5.41, 5.74) is 0.241. The molecule has 0 saturated carbocycles. The van der Waals surface area contributed by atoms with Crippen LogP contribution in [0, 0.1) is 0 Å². The van der Waals surface area contributed by atoms with Gasteiger partial charge in [-0.3, -0.25) is 14.9 Å². The first-order valence-corrected chi connectivity index (χ1v) is 7.80. The summed E-state index contributed by atoms with van der Waals surface area (Å²) >= 11 is 0.835. The minimum Gasteiger partial charge on any atom is -0.507 e. The van der Waals surface area contributed by atoms with Crippen molar-refractivity contribution in [2.75, 3.05) is 0 Å². The van der Waals surface area contributed by atoms with Crippen LogP contribution < -0.4 is 5.32 Å². The van der Waals surface area contributed by atoms with Gasteiger partial charge in [-0.1, -0.05) is 18.2 Å². The SMILES string of the molecule is CC1(C)C=CC2=C(O)C(/C=C3\SC(=O)NC3=O)=CCC2(C)O1. The van der Waals surface area contributed by atoms with E-state index < -0.39 is 22.3 Å². The van der Waals surface area contributed by atoms with Crippen LogP contribution in [0.1, 0.15) is 27.2 Å². The number of nitrogens with one attached hydrogen (secondary N) is 1. The van der Waals surface area contributed by atoms with Gasteiger partial charge in [0.05, 0.1) is 16.1 Å². The highest BCUT2D eigenvalue weighted by Gasteiger charge is 2.41. The average molecular weight is 319 g/mol. The fourth-order valence-corrected chi connectivity index (χ4v) is 3.53. The minimum atomic E-state index is -0.592. The van der Waals surface area contributed by atoms with Crippen molar-refractivity contribution in [3.05, 3.63) is 46.1 Å².